The molecule has 21 heavy (non-hydrogen) atoms. The Morgan fingerprint density at radius 1 is 1.48 bits per heavy atom. The summed E-state index contributed by atoms with van der Waals surface area (Å²) in [6, 6.07) is 2.31. The summed E-state index contributed by atoms with van der Waals surface area (Å²) in [5.74, 6) is -0.269. The van der Waals surface area contributed by atoms with Gasteiger partial charge in [-0.3, -0.25) is 20.2 Å². The number of carbonyl (C=O) groups is 1. The van der Waals surface area contributed by atoms with Gasteiger partial charge in [0.2, 0.25) is 5.75 Å². The molecule has 1 aliphatic rings. The molecule has 0 aromatic heterocycles. The molecule has 9 heteroatoms. The van der Waals surface area contributed by atoms with Crippen LogP contribution >= 0.6 is 11.8 Å². The number of methoxy groups -OCH3 is 2. The first kappa shape index (κ1) is 15.4. The first-order valence-corrected chi connectivity index (χ1v) is 7.03. The monoisotopic (exact) mass is 314 g/mol. The average molecular weight is 314 g/mol. The first-order chi connectivity index (χ1) is 9.97. The van der Waals surface area contributed by atoms with Crippen molar-refractivity contribution >= 4 is 23.4 Å². The molecule has 0 amide bonds. The van der Waals surface area contributed by atoms with Crippen molar-refractivity contribution in [3.8, 4) is 11.5 Å². The lowest BCUT2D eigenvalue weighted by Crippen LogP contribution is -2.33. The molecule has 1 aromatic carbocycles. The second-order valence-corrected chi connectivity index (χ2v) is 5.44. The first-order valence-electron chi connectivity index (χ1n) is 5.98. The lowest BCUT2D eigenvalue weighted by atomic mass is 10.1. The van der Waals surface area contributed by atoms with Crippen molar-refractivity contribution in [3.05, 3.63) is 27.8 Å². The highest BCUT2D eigenvalue weighted by atomic mass is 32.2. The molecule has 2 N–H and O–H groups in total. The summed E-state index contributed by atoms with van der Waals surface area (Å²) in [6.07, 6.45) is 0. The van der Waals surface area contributed by atoms with Gasteiger partial charge in [0.25, 0.3) is 0 Å². The number of rotatable bonds is 5. The molecular weight excluding hydrogens is 300 g/mol. The fourth-order valence-corrected chi connectivity index (χ4v) is 3.27. The quantitative estimate of drug-likeness (QED) is 0.620. The van der Waals surface area contributed by atoms with Gasteiger partial charge in [-0.05, 0) is 11.6 Å². The number of nitrogens with one attached hydrogen (secondary N) is 1. The molecule has 2 atom stereocenters. The third kappa shape index (κ3) is 3.03. The SMILES string of the molecule is COc1cc([C@@H]2N[C@H](C(=O)O)CS2)cc([N+](=O)[O-])c1OC. The van der Waals surface area contributed by atoms with Crippen LogP contribution in [0, 0.1) is 10.1 Å². The molecule has 1 saturated heterocycles. The molecule has 2 rings (SSSR count). The number of nitrogens with zero attached hydrogens (tertiary/aromatic N) is 1. The van der Waals surface area contributed by atoms with Crippen molar-refractivity contribution in [2.45, 2.75) is 11.4 Å². The van der Waals surface area contributed by atoms with Crippen molar-refractivity contribution in [3.63, 3.8) is 0 Å². The van der Waals surface area contributed by atoms with E-state index in [0.29, 0.717) is 11.3 Å². The molecule has 114 valence electrons. The van der Waals surface area contributed by atoms with Crippen molar-refractivity contribution < 1.29 is 24.3 Å². The normalized spacial score (nSPS) is 21.0. The van der Waals surface area contributed by atoms with Crippen LogP contribution in [0.15, 0.2) is 12.1 Å². The molecular formula is C12H14N2O6S. The Labute approximate surface area is 124 Å². The maximum atomic E-state index is 11.1. The van der Waals surface area contributed by atoms with E-state index in [1.165, 1.54) is 32.0 Å². The molecule has 0 spiro atoms. The Morgan fingerprint density at radius 2 is 2.19 bits per heavy atom. The zero-order chi connectivity index (χ0) is 15.6. The predicted octanol–water partition coefficient (Wildman–Crippen LogP) is 1.40. The van der Waals surface area contributed by atoms with Gasteiger partial charge in [-0.2, -0.15) is 0 Å². The molecule has 1 aliphatic heterocycles. The van der Waals surface area contributed by atoms with Crippen molar-refractivity contribution in [1.29, 1.82) is 0 Å². The van der Waals surface area contributed by atoms with E-state index in [4.69, 9.17) is 14.6 Å². The van der Waals surface area contributed by atoms with Gasteiger partial charge >= 0.3 is 11.7 Å². The van der Waals surface area contributed by atoms with Gasteiger partial charge in [-0.25, -0.2) is 0 Å². The van der Waals surface area contributed by atoms with Crippen LogP contribution in [-0.2, 0) is 4.79 Å². The minimum absolute atomic E-state index is 0.0454. The number of benzene rings is 1. The summed E-state index contributed by atoms with van der Waals surface area (Å²) in [4.78, 5) is 21.5. The van der Waals surface area contributed by atoms with Crippen molar-refractivity contribution in [2.24, 2.45) is 0 Å². The van der Waals surface area contributed by atoms with Gasteiger partial charge in [0.05, 0.1) is 24.5 Å². The summed E-state index contributed by atoms with van der Waals surface area (Å²) in [7, 11) is 2.72. The minimum Gasteiger partial charge on any atom is -0.493 e. The number of hydrogen-bond donors (Lipinski definition) is 2. The number of carboxylic acid groups (broad SMARTS) is 1. The highest BCUT2D eigenvalue weighted by Gasteiger charge is 2.32. The molecule has 1 aromatic rings. The van der Waals surface area contributed by atoms with Crippen molar-refractivity contribution in [1.82, 2.24) is 5.32 Å². The van der Waals surface area contributed by atoms with E-state index >= 15 is 0 Å². The van der Waals surface area contributed by atoms with Crippen molar-refractivity contribution in [2.75, 3.05) is 20.0 Å². The standard InChI is InChI=1S/C12H14N2O6S/c1-19-9-4-6(3-8(14(17)18)10(9)20-2)11-13-7(5-21-11)12(15)16/h3-4,7,11,13H,5H2,1-2H3,(H,15,16)/t7-,11+/m0/s1. The third-order valence-corrected chi connectivity index (χ3v) is 4.33. The molecule has 1 fully saturated rings. The fraction of sp³-hybridized carbons (Fsp3) is 0.417. The smallest absolute Gasteiger partial charge is 0.321 e. The number of thioether (sulfide) groups is 1. The highest BCUT2D eigenvalue weighted by molar-refractivity contribution is 7.99. The molecule has 8 nitrogen and oxygen atoms in total. The Balaban J connectivity index is 2.39. The number of aliphatic carboxylic acids is 1. The Hall–Kier alpha value is -2.00. The van der Waals surface area contributed by atoms with E-state index in [1.54, 1.807) is 6.07 Å². The van der Waals surface area contributed by atoms with Crippen LogP contribution in [0.4, 0.5) is 5.69 Å². The Morgan fingerprint density at radius 3 is 2.67 bits per heavy atom. The summed E-state index contributed by atoms with van der Waals surface area (Å²) in [6.45, 7) is 0. The number of hydrogen-bond acceptors (Lipinski definition) is 7. The Kier molecular flexibility index (Phi) is 4.53. The van der Waals surface area contributed by atoms with Crippen LogP contribution in [0.5, 0.6) is 11.5 Å². The van der Waals surface area contributed by atoms with E-state index in [1.807, 2.05) is 0 Å². The van der Waals surface area contributed by atoms with Gasteiger partial charge in [-0.1, -0.05) is 0 Å². The lowest BCUT2D eigenvalue weighted by Gasteiger charge is -2.14. The van der Waals surface area contributed by atoms with Gasteiger partial charge in [0, 0.05) is 11.8 Å². The van der Waals surface area contributed by atoms with Gasteiger partial charge in [0.1, 0.15) is 6.04 Å². The van der Waals surface area contributed by atoms with E-state index in [2.05, 4.69) is 5.32 Å². The fourth-order valence-electron chi connectivity index (χ4n) is 2.06. The molecule has 0 radical (unpaired) electrons. The molecule has 1 heterocycles. The number of nitro benzene ring substituents is 1. The zero-order valence-corrected chi connectivity index (χ0v) is 12.2. The van der Waals surface area contributed by atoms with Gasteiger partial charge in [-0.15, -0.1) is 11.8 Å². The van der Waals surface area contributed by atoms with E-state index in [0.717, 1.165) is 0 Å². The van der Waals surface area contributed by atoms with Crippen LogP contribution in [-0.4, -0.2) is 42.0 Å². The lowest BCUT2D eigenvalue weighted by molar-refractivity contribution is -0.385. The maximum Gasteiger partial charge on any atom is 0.321 e. The van der Waals surface area contributed by atoms with Crippen LogP contribution in [0.25, 0.3) is 0 Å². The number of ether oxygens (including phenoxy) is 2. The van der Waals surface area contributed by atoms with Crippen LogP contribution in [0.1, 0.15) is 10.9 Å². The van der Waals surface area contributed by atoms with E-state index in [9.17, 15) is 14.9 Å². The summed E-state index contributed by atoms with van der Waals surface area (Å²) >= 11 is 1.37. The minimum atomic E-state index is -0.944. The van der Waals surface area contributed by atoms with Crippen LogP contribution in [0.3, 0.4) is 0 Å². The average Bonchev–Trinajstić information content (AvgIpc) is 2.95. The predicted molar refractivity (Wildman–Crippen MR) is 76.0 cm³/mol. The summed E-state index contributed by atoms with van der Waals surface area (Å²) in [5, 5.41) is 22.7. The number of carboxylic acids is 1. The molecule has 0 bridgehead atoms. The largest absolute Gasteiger partial charge is 0.493 e. The Bertz CT molecular complexity index is 579. The number of nitro groups is 1. The van der Waals surface area contributed by atoms with E-state index < -0.39 is 16.9 Å². The van der Waals surface area contributed by atoms with Gasteiger partial charge < -0.3 is 14.6 Å². The van der Waals surface area contributed by atoms with Crippen LogP contribution < -0.4 is 14.8 Å². The van der Waals surface area contributed by atoms with Crippen LogP contribution in [0.2, 0.25) is 0 Å². The zero-order valence-electron chi connectivity index (χ0n) is 11.4. The molecule has 0 aliphatic carbocycles. The summed E-state index contributed by atoms with van der Waals surface area (Å²) in [5.41, 5.74) is 0.362. The van der Waals surface area contributed by atoms with Gasteiger partial charge in [0.15, 0.2) is 5.75 Å². The maximum absolute atomic E-state index is 11.1. The third-order valence-electron chi connectivity index (χ3n) is 3.06. The molecule has 0 unspecified atom stereocenters. The topological polar surface area (TPSA) is 111 Å². The highest BCUT2D eigenvalue weighted by Crippen LogP contribution is 2.42. The summed E-state index contributed by atoms with van der Waals surface area (Å²) < 4.78 is 10.1. The molecule has 0 saturated carbocycles. The second kappa shape index (κ2) is 6.19. The second-order valence-electron chi connectivity index (χ2n) is 4.30. The van der Waals surface area contributed by atoms with E-state index in [-0.39, 0.29) is 22.6 Å².